The van der Waals surface area contributed by atoms with E-state index in [0.717, 1.165) is 43.2 Å². The van der Waals surface area contributed by atoms with Crippen molar-refractivity contribution in [3.63, 3.8) is 0 Å². The van der Waals surface area contributed by atoms with Crippen LogP contribution >= 0.6 is 28.1 Å². The van der Waals surface area contributed by atoms with Crippen LogP contribution in [0.5, 0.6) is 5.75 Å². The summed E-state index contributed by atoms with van der Waals surface area (Å²) in [6.45, 7) is 4.46. The summed E-state index contributed by atoms with van der Waals surface area (Å²) in [5.74, 6) is 0.457. The molecule has 2 N–H and O–H groups in total. The number of nitrogens with one attached hydrogen (secondary N) is 2. The zero-order chi connectivity index (χ0) is 24.3. The number of hydrogen-bond acceptors (Lipinski definition) is 4. The molecule has 182 valence electrons. The number of piperidine rings is 1. The minimum absolute atomic E-state index is 0.0566. The van der Waals surface area contributed by atoms with Crippen molar-refractivity contribution in [2.45, 2.75) is 51.9 Å². The maximum absolute atomic E-state index is 12.6. The Morgan fingerprint density at radius 2 is 1.71 bits per heavy atom. The lowest BCUT2D eigenvalue weighted by Crippen LogP contribution is -2.35. The average Bonchev–Trinajstić information content (AvgIpc) is 2.85. The molecule has 8 heteroatoms. The van der Waals surface area contributed by atoms with Crippen molar-refractivity contribution in [2.24, 2.45) is 0 Å². The molecule has 2 aromatic carbocycles. The minimum Gasteiger partial charge on any atom is -0.492 e. The molecule has 0 atom stereocenters. The van der Waals surface area contributed by atoms with Crippen LogP contribution in [0.15, 0.2) is 46.9 Å². The van der Waals surface area contributed by atoms with E-state index in [4.69, 9.17) is 17.0 Å². The van der Waals surface area contributed by atoms with Crippen molar-refractivity contribution in [3.8, 4) is 5.75 Å². The number of halogens is 1. The molecule has 0 saturated carbocycles. The maximum atomic E-state index is 12.6. The molecule has 0 spiro atoms. The number of carbonyl (C=O) groups is 2. The predicted molar refractivity (Wildman–Crippen MR) is 144 cm³/mol. The van der Waals surface area contributed by atoms with E-state index in [1.165, 1.54) is 19.3 Å². The first kappa shape index (κ1) is 26.2. The number of nitrogens with zero attached hydrogens (tertiary/aromatic N) is 1. The van der Waals surface area contributed by atoms with E-state index in [2.05, 4.69) is 33.5 Å². The third-order valence-electron chi connectivity index (χ3n) is 5.71. The summed E-state index contributed by atoms with van der Waals surface area (Å²) in [7, 11) is 0. The number of amides is 2. The highest BCUT2D eigenvalue weighted by Gasteiger charge is 2.18. The minimum atomic E-state index is -0.315. The molecule has 1 heterocycles. The van der Waals surface area contributed by atoms with Gasteiger partial charge in [-0.2, -0.15) is 0 Å². The molecule has 0 aromatic heterocycles. The van der Waals surface area contributed by atoms with Gasteiger partial charge in [0.05, 0.1) is 11.1 Å². The first-order chi connectivity index (χ1) is 16.5. The Labute approximate surface area is 215 Å². The van der Waals surface area contributed by atoms with Gasteiger partial charge in [-0.25, -0.2) is 0 Å². The van der Waals surface area contributed by atoms with Gasteiger partial charge in [0.15, 0.2) is 5.11 Å². The highest BCUT2D eigenvalue weighted by molar-refractivity contribution is 9.10. The van der Waals surface area contributed by atoms with Crippen LogP contribution in [0, 0.1) is 0 Å². The van der Waals surface area contributed by atoms with Crippen molar-refractivity contribution in [1.29, 1.82) is 0 Å². The van der Waals surface area contributed by atoms with Crippen LogP contribution in [0.25, 0.3) is 0 Å². The second kappa shape index (κ2) is 13.4. The van der Waals surface area contributed by atoms with Gasteiger partial charge in [-0.3, -0.25) is 14.9 Å². The van der Waals surface area contributed by atoms with E-state index in [1.54, 1.807) is 42.5 Å². The first-order valence-corrected chi connectivity index (χ1v) is 13.1. The van der Waals surface area contributed by atoms with Gasteiger partial charge in [0.25, 0.3) is 11.8 Å². The SMILES string of the molecule is CCCCCCOc1ccc(C(=O)NC(=S)Nc2ccc(C(=O)N3CCCCC3)cc2)cc1Br. The fraction of sp³-hybridized carbons (Fsp3) is 0.423. The molecular formula is C26H32BrN3O3S. The monoisotopic (exact) mass is 545 g/mol. The lowest BCUT2D eigenvalue weighted by Gasteiger charge is -2.26. The number of ether oxygens (including phenoxy) is 1. The number of hydrogen-bond donors (Lipinski definition) is 2. The molecule has 0 bridgehead atoms. The summed E-state index contributed by atoms with van der Waals surface area (Å²) >= 11 is 8.78. The molecule has 1 fully saturated rings. The van der Waals surface area contributed by atoms with Crippen LogP contribution in [0.2, 0.25) is 0 Å². The van der Waals surface area contributed by atoms with E-state index in [0.29, 0.717) is 29.2 Å². The van der Waals surface area contributed by atoms with Gasteiger partial charge in [-0.15, -0.1) is 0 Å². The smallest absolute Gasteiger partial charge is 0.257 e. The second-order valence-electron chi connectivity index (χ2n) is 8.39. The molecule has 1 saturated heterocycles. The van der Waals surface area contributed by atoms with Crippen LogP contribution in [0.3, 0.4) is 0 Å². The Kier molecular flexibility index (Phi) is 10.3. The van der Waals surface area contributed by atoms with Gasteiger partial charge in [0.2, 0.25) is 0 Å². The number of likely N-dealkylation sites (tertiary alicyclic amines) is 1. The Balaban J connectivity index is 1.49. The largest absolute Gasteiger partial charge is 0.492 e. The zero-order valence-corrected chi connectivity index (χ0v) is 22.0. The molecule has 1 aliphatic heterocycles. The van der Waals surface area contributed by atoms with E-state index in [-0.39, 0.29) is 16.9 Å². The molecule has 2 aromatic rings. The highest BCUT2D eigenvalue weighted by Crippen LogP contribution is 2.26. The predicted octanol–water partition coefficient (Wildman–Crippen LogP) is 6.16. The van der Waals surface area contributed by atoms with Crippen molar-refractivity contribution in [2.75, 3.05) is 25.0 Å². The van der Waals surface area contributed by atoms with Crippen LogP contribution in [-0.4, -0.2) is 41.5 Å². The normalized spacial score (nSPS) is 13.3. The summed E-state index contributed by atoms with van der Waals surface area (Å²) in [6, 6.07) is 12.4. The Morgan fingerprint density at radius 1 is 1.00 bits per heavy atom. The molecule has 0 radical (unpaired) electrons. The van der Waals surface area contributed by atoms with Crippen molar-refractivity contribution < 1.29 is 14.3 Å². The summed E-state index contributed by atoms with van der Waals surface area (Å²) in [5, 5.41) is 5.88. The van der Waals surface area contributed by atoms with Crippen LogP contribution in [0.1, 0.15) is 72.6 Å². The lowest BCUT2D eigenvalue weighted by atomic mass is 10.1. The number of benzene rings is 2. The Morgan fingerprint density at radius 3 is 2.38 bits per heavy atom. The summed E-state index contributed by atoms with van der Waals surface area (Å²) in [4.78, 5) is 27.1. The van der Waals surface area contributed by atoms with E-state index >= 15 is 0 Å². The molecule has 1 aliphatic rings. The van der Waals surface area contributed by atoms with Crippen molar-refractivity contribution in [3.05, 3.63) is 58.1 Å². The Bertz CT molecular complexity index is 991. The number of unbranched alkanes of at least 4 members (excludes halogenated alkanes) is 3. The van der Waals surface area contributed by atoms with E-state index in [9.17, 15) is 9.59 Å². The van der Waals surface area contributed by atoms with Crippen LogP contribution in [-0.2, 0) is 0 Å². The van der Waals surface area contributed by atoms with Crippen LogP contribution in [0.4, 0.5) is 5.69 Å². The summed E-state index contributed by atoms with van der Waals surface area (Å²) in [5.41, 5.74) is 1.82. The van der Waals surface area contributed by atoms with Gasteiger partial charge >= 0.3 is 0 Å². The summed E-state index contributed by atoms with van der Waals surface area (Å²) in [6.07, 6.45) is 7.86. The van der Waals surface area contributed by atoms with E-state index in [1.807, 2.05) is 4.90 Å². The third kappa shape index (κ3) is 7.81. The number of anilines is 1. The average molecular weight is 547 g/mol. The summed E-state index contributed by atoms with van der Waals surface area (Å²) < 4.78 is 6.52. The standard InChI is InChI=1S/C26H32BrN3O3S/c1-2-3-4-8-17-33-23-14-11-20(18-22(23)27)24(31)29-26(34)28-21-12-9-19(10-13-21)25(32)30-15-6-5-7-16-30/h9-14,18H,2-8,15-17H2,1H3,(H2,28,29,31,34). The third-order valence-corrected chi connectivity index (χ3v) is 6.53. The first-order valence-electron chi connectivity index (χ1n) is 11.9. The van der Waals surface area contributed by atoms with Crippen LogP contribution < -0.4 is 15.4 Å². The van der Waals surface area contributed by atoms with Crippen molar-refractivity contribution in [1.82, 2.24) is 10.2 Å². The Hall–Kier alpha value is -2.45. The maximum Gasteiger partial charge on any atom is 0.257 e. The molecule has 0 aliphatic carbocycles. The zero-order valence-electron chi connectivity index (χ0n) is 19.6. The van der Waals surface area contributed by atoms with Gasteiger partial charge in [-0.05, 0) is 96.3 Å². The highest BCUT2D eigenvalue weighted by atomic mass is 79.9. The second-order valence-corrected chi connectivity index (χ2v) is 9.66. The van der Waals surface area contributed by atoms with Gasteiger partial charge in [0.1, 0.15) is 5.75 Å². The topological polar surface area (TPSA) is 70.7 Å². The molecule has 6 nitrogen and oxygen atoms in total. The van der Waals surface area contributed by atoms with Gasteiger partial charge in [-0.1, -0.05) is 26.2 Å². The number of rotatable bonds is 9. The molecular weight excluding hydrogens is 514 g/mol. The van der Waals surface area contributed by atoms with Gasteiger partial charge in [0, 0.05) is 29.9 Å². The lowest BCUT2D eigenvalue weighted by molar-refractivity contribution is 0.0724. The number of thiocarbonyl (C=S) groups is 1. The molecule has 0 unspecified atom stereocenters. The quantitative estimate of drug-likeness (QED) is 0.291. The van der Waals surface area contributed by atoms with Crippen molar-refractivity contribution >= 4 is 50.8 Å². The number of carbonyl (C=O) groups excluding carboxylic acids is 2. The van der Waals surface area contributed by atoms with Gasteiger partial charge < -0.3 is 15.0 Å². The molecule has 34 heavy (non-hydrogen) atoms. The van der Waals surface area contributed by atoms with E-state index < -0.39 is 0 Å². The molecule has 2 amide bonds. The fourth-order valence-corrected chi connectivity index (χ4v) is 4.49. The molecule has 3 rings (SSSR count). The fourth-order valence-electron chi connectivity index (χ4n) is 3.78.